The van der Waals surface area contributed by atoms with Gasteiger partial charge in [-0.2, -0.15) is 0 Å². The second kappa shape index (κ2) is 12.6. The lowest BCUT2D eigenvalue weighted by molar-refractivity contribution is -0.137. The summed E-state index contributed by atoms with van der Waals surface area (Å²) < 4.78 is 11.2. The first kappa shape index (κ1) is 24.2. The molecular weight excluding hydrogens is 422 g/mol. The number of unbranched alkanes of at least 4 members (excludes halogenated alkanes) is 6. The van der Waals surface area contributed by atoms with E-state index in [2.05, 4.69) is 0 Å². The highest BCUT2D eigenvalue weighted by Crippen LogP contribution is 2.35. The van der Waals surface area contributed by atoms with Crippen LogP contribution in [0, 0.1) is 0 Å². The number of carboxylic acid groups (broad SMARTS) is 1. The third-order valence-corrected chi connectivity index (χ3v) is 6.25. The molecule has 8 heteroatoms. The Morgan fingerprint density at radius 3 is 2.40 bits per heavy atom. The summed E-state index contributed by atoms with van der Waals surface area (Å²) >= 11 is 6.73. The molecular formula is C22H29NO5S2. The monoisotopic (exact) mass is 451 g/mol. The molecule has 164 valence electrons. The largest absolute Gasteiger partial charge is 0.497 e. The van der Waals surface area contributed by atoms with Crippen molar-refractivity contribution in [2.24, 2.45) is 0 Å². The van der Waals surface area contributed by atoms with Gasteiger partial charge in [0.25, 0.3) is 5.91 Å². The van der Waals surface area contributed by atoms with Crippen molar-refractivity contribution in [3.63, 3.8) is 0 Å². The van der Waals surface area contributed by atoms with Crippen molar-refractivity contribution in [2.45, 2.75) is 51.4 Å². The molecule has 30 heavy (non-hydrogen) atoms. The third-order valence-electron chi connectivity index (χ3n) is 4.87. The molecule has 1 aromatic carbocycles. The molecule has 0 aromatic heterocycles. The molecule has 1 aromatic rings. The van der Waals surface area contributed by atoms with Crippen molar-refractivity contribution in [1.29, 1.82) is 0 Å². The summed E-state index contributed by atoms with van der Waals surface area (Å²) in [6.45, 7) is 0.621. The molecule has 0 atom stereocenters. The quantitative estimate of drug-likeness (QED) is 0.254. The van der Waals surface area contributed by atoms with Crippen LogP contribution >= 0.6 is 24.0 Å². The van der Waals surface area contributed by atoms with Crippen molar-refractivity contribution in [1.82, 2.24) is 4.90 Å². The third kappa shape index (κ3) is 7.32. The van der Waals surface area contributed by atoms with Crippen LogP contribution in [0.1, 0.15) is 56.9 Å². The maximum absolute atomic E-state index is 12.8. The minimum absolute atomic E-state index is 0.0662. The van der Waals surface area contributed by atoms with E-state index < -0.39 is 5.97 Å². The normalized spacial score (nSPS) is 15.1. The first-order valence-corrected chi connectivity index (χ1v) is 11.4. The van der Waals surface area contributed by atoms with Crippen LogP contribution in [0.5, 0.6) is 11.5 Å². The number of aliphatic carboxylic acids is 1. The second-order valence-corrected chi connectivity index (χ2v) is 8.74. The van der Waals surface area contributed by atoms with Crippen molar-refractivity contribution in [3.05, 3.63) is 28.7 Å². The molecule has 2 rings (SSSR count). The number of rotatable bonds is 13. The van der Waals surface area contributed by atoms with E-state index in [4.69, 9.17) is 26.8 Å². The summed E-state index contributed by atoms with van der Waals surface area (Å²) in [5, 5.41) is 8.62. The van der Waals surface area contributed by atoms with E-state index in [1.54, 1.807) is 25.2 Å². The number of amides is 1. The van der Waals surface area contributed by atoms with Crippen LogP contribution in [0.2, 0.25) is 0 Å². The van der Waals surface area contributed by atoms with Crippen LogP contribution in [-0.2, 0) is 9.59 Å². The van der Waals surface area contributed by atoms with E-state index in [0.717, 1.165) is 50.5 Å². The zero-order chi connectivity index (χ0) is 21.9. The lowest BCUT2D eigenvalue weighted by atomic mass is 10.1. The molecule has 1 saturated heterocycles. The number of hydrogen-bond acceptors (Lipinski definition) is 6. The number of thioether (sulfide) groups is 1. The summed E-state index contributed by atoms with van der Waals surface area (Å²) in [4.78, 5) is 25.5. The Labute approximate surface area is 187 Å². The Balaban J connectivity index is 1.81. The number of methoxy groups -OCH3 is 2. The fourth-order valence-corrected chi connectivity index (χ4v) is 4.52. The Bertz CT molecular complexity index is 794. The lowest BCUT2D eigenvalue weighted by Gasteiger charge is -2.14. The average Bonchev–Trinajstić information content (AvgIpc) is 2.99. The minimum atomic E-state index is -0.725. The van der Waals surface area contributed by atoms with Crippen LogP contribution in [0.15, 0.2) is 23.1 Å². The number of carbonyl (C=O) groups is 2. The van der Waals surface area contributed by atoms with E-state index in [0.29, 0.717) is 27.3 Å². The van der Waals surface area contributed by atoms with Crippen LogP contribution in [-0.4, -0.2) is 47.0 Å². The summed E-state index contributed by atoms with van der Waals surface area (Å²) in [7, 11) is 3.19. The fraction of sp³-hybridized carbons (Fsp3) is 0.500. The van der Waals surface area contributed by atoms with Crippen LogP contribution in [0.4, 0.5) is 0 Å². The van der Waals surface area contributed by atoms with Gasteiger partial charge in [-0.1, -0.05) is 56.1 Å². The van der Waals surface area contributed by atoms with E-state index in [1.165, 1.54) is 11.8 Å². The van der Waals surface area contributed by atoms with Gasteiger partial charge >= 0.3 is 5.97 Å². The fourth-order valence-electron chi connectivity index (χ4n) is 3.22. The first-order chi connectivity index (χ1) is 14.5. The van der Waals surface area contributed by atoms with E-state index >= 15 is 0 Å². The predicted octanol–water partition coefficient (Wildman–Crippen LogP) is 5.11. The molecule has 1 fully saturated rings. The van der Waals surface area contributed by atoms with Gasteiger partial charge in [-0.05, 0) is 37.1 Å². The van der Waals surface area contributed by atoms with Gasteiger partial charge in [0, 0.05) is 18.5 Å². The van der Waals surface area contributed by atoms with E-state index in [9.17, 15) is 9.59 Å². The van der Waals surface area contributed by atoms with Gasteiger partial charge in [-0.25, -0.2) is 0 Å². The number of carbonyl (C=O) groups excluding carboxylic acids is 1. The van der Waals surface area contributed by atoms with Gasteiger partial charge in [-0.15, -0.1) is 0 Å². The van der Waals surface area contributed by atoms with Gasteiger partial charge in [0.2, 0.25) is 0 Å². The standard InChI is InChI=1S/C22H29NO5S2/c1-27-17-11-12-18(28-2)16(14-17)15-19-21(26)23(22(29)30-19)13-9-7-5-3-4-6-8-10-20(24)25/h11-12,14-15H,3-10,13H2,1-2H3,(H,24,25)/b19-15-. The number of thiocarbonyl (C=S) groups is 1. The van der Waals surface area contributed by atoms with E-state index in [1.807, 2.05) is 18.2 Å². The van der Waals surface area contributed by atoms with Crippen molar-refractivity contribution >= 4 is 46.3 Å². The van der Waals surface area contributed by atoms with Gasteiger partial charge in [0.05, 0.1) is 19.1 Å². The molecule has 1 amide bonds. The number of nitrogens with zero attached hydrogens (tertiary/aromatic N) is 1. The maximum atomic E-state index is 12.8. The molecule has 1 heterocycles. The molecule has 1 aliphatic heterocycles. The Hall–Kier alpha value is -2.06. The van der Waals surface area contributed by atoms with E-state index in [-0.39, 0.29) is 12.3 Å². The zero-order valence-electron chi connectivity index (χ0n) is 17.5. The highest BCUT2D eigenvalue weighted by molar-refractivity contribution is 8.26. The van der Waals surface area contributed by atoms with Crippen molar-refractivity contribution in [2.75, 3.05) is 20.8 Å². The number of benzene rings is 1. The molecule has 0 radical (unpaired) electrons. The van der Waals surface area contributed by atoms with Crippen LogP contribution in [0.25, 0.3) is 6.08 Å². The first-order valence-electron chi connectivity index (χ1n) is 10.2. The maximum Gasteiger partial charge on any atom is 0.303 e. The van der Waals surface area contributed by atoms with Gasteiger partial charge in [-0.3, -0.25) is 14.5 Å². The lowest BCUT2D eigenvalue weighted by Crippen LogP contribution is -2.29. The number of ether oxygens (including phenoxy) is 2. The Morgan fingerprint density at radius 2 is 1.77 bits per heavy atom. The molecule has 0 aliphatic carbocycles. The van der Waals surface area contributed by atoms with Crippen molar-refractivity contribution < 1.29 is 24.2 Å². The predicted molar refractivity (Wildman–Crippen MR) is 124 cm³/mol. The summed E-state index contributed by atoms with van der Waals surface area (Å²) in [6, 6.07) is 5.46. The Morgan fingerprint density at radius 1 is 1.10 bits per heavy atom. The SMILES string of the molecule is COc1ccc(OC)c(/C=C2\SC(=S)N(CCCCCCCCCC(=O)O)C2=O)c1. The van der Waals surface area contributed by atoms with Gasteiger partial charge in [0.15, 0.2) is 0 Å². The van der Waals surface area contributed by atoms with Gasteiger partial charge in [0.1, 0.15) is 15.8 Å². The summed E-state index contributed by atoms with van der Waals surface area (Å²) in [5.74, 6) is 0.575. The number of carboxylic acids is 1. The van der Waals surface area contributed by atoms with Crippen molar-refractivity contribution in [3.8, 4) is 11.5 Å². The zero-order valence-corrected chi connectivity index (χ0v) is 19.2. The Kier molecular flexibility index (Phi) is 10.2. The topological polar surface area (TPSA) is 76.1 Å². The highest BCUT2D eigenvalue weighted by atomic mass is 32.2. The highest BCUT2D eigenvalue weighted by Gasteiger charge is 2.31. The average molecular weight is 452 g/mol. The smallest absolute Gasteiger partial charge is 0.303 e. The van der Waals surface area contributed by atoms with Crippen LogP contribution in [0.3, 0.4) is 0 Å². The minimum Gasteiger partial charge on any atom is -0.497 e. The van der Waals surface area contributed by atoms with Gasteiger partial charge < -0.3 is 14.6 Å². The molecule has 0 spiro atoms. The molecule has 0 unspecified atom stereocenters. The summed E-state index contributed by atoms with van der Waals surface area (Å²) in [5.41, 5.74) is 0.778. The summed E-state index contributed by atoms with van der Waals surface area (Å²) in [6.07, 6.45) is 8.92. The molecule has 1 N–H and O–H groups in total. The number of hydrogen-bond donors (Lipinski definition) is 1. The molecule has 6 nitrogen and oxygen atoms in total. The molecule has 0 bridgehead atoms. The van der Waals surface area contributed by atoms with Crippen LogP contribution < -0.4 is 9.47 Å². The molecule has 0 saturated carbocycles. The molecule has 1 aliphatic rings. The second-order valence-electron chi connectivity index (χ2n) is 7.06.